The molecule has 2 aromatic carbocycles. The smallest absolute Gasteiger partial charge is 0.161 e. The molecule has 0 aliphatic carbocycles. The van der Waals surface area contributed by atoms with Gasteiger partial charge in [0.1, 0.15) is 6.61 Å². The van der Waals surface area contributed by atoms with E-state index in [1.807, 2.05) is 48.5 Å². The van der Waals surface area contributed by atoms with Crippen molar-refractivity contribution in [3.8, 4) is 11.5 Å². The van der Waals surface area contributed by atoms with Crippen LogP contribution in [-0.4, -0.2) is 6.61 Å². The molecule has 0 aromatic heterocycles. The minimum Gasteiger partial charge on any atom is -0.490 e. The zero-order chi connectivity index (χ0) is 14.2. The van der Waals surface area contributed by atoms with Gasteiger partial charge >= 0.3 is 0 Å². The van der Waals surface area contributed by atoms with Gasteiger partial charge in [0.15, 0.2) is 11.5 Å². The number of ether oxygens (including phenoxy) is 2. The van der Waals surface area contributed by atoms with Gasteiger partial charge < -0.3 is 15.2 Å². The maximum Gasteiger partial charge on any atom is 0.161 e. The predicted molar refractivity (Wildman–Crippen MR) is 80.9 cm³/mol. The molecular formula is C17H21NO2. The van der Waals surface area contributed by atoms with Crippen molar-refractivity contribution in [3.05, 3.63) is 59.7 Å². The molecule has 20 heavy (non-hydrogen) atoms. The van der Waals surface area contributed by atoms with E-state index in [9.17, 15) is 0 Å². The van der Waals surface area contributed by atoms with E-state index in [-0.39, 0.29) is 0 Å². The number of hydrogen-bond donors (Lipinski definition) is 1. The number of hydrogen-bond acceptors (Lipinski definition) is 3. The molecule has 3 heteroatoms. The fourth-order valence-electron chi connectivity index (χ4n) is 1.95. The maximum atomic E-state index is 5.88. The van der Waals surface area contributed by atoms with Gasteiger partial charge in [0, 0.05) is 6.54 Å². The van der Waals surface area contributed by atoms with Gasteiger partial charge in [-0.2, -0.15) is 0 Å². The lowest BCUT2D eigenvalue weighted by molar-refractivity contribution is 0.261. The molecular weight excluding hydrogens is 250 g/mol. The predicted octanol–water partition coefficient (Wildman–Crippen LogP) is 3.51. The second-order valence-electron chi connectivity index (χ2n) is 4.56. The summed E-state index contributed by atoms with van der Waals surface area (Å²) >= 11 is 0. The third-order valence-corrected chi connectivity index (χ3v) is 3.03. The molecule has 0 radical (unpaired) electrons. The largest absolute Gasteiger partial charge is 0.490 e. The van der Waals surface area contributed by atoms with E-state index in [1.54, 1.807) is 0 Å². The molecule has 0 fully saturated rings. The molecule has 106 valence electrons. The quantitative estimate of drug-likeness (QED) is 0.838. The van der Waals surface area contributed by atoms with Crippen molar-refractivity contribution in [1.82, 2.24) is 0 Å². The van der Waals surface area contributed by atoms with E-state index in [1.165, 1.54) is 0 Å². The van der Waals surface area contributed by atoms with Gasteiger partial charge in [0.05, 0.1) is 6.61 Å². The first-order valence-corrected chi connectivity index (χ1v) is 6.96. The SMILES string of the molecule is CCCOc1ccccc1OCc1ccccc1CN. The summed E-state index contributed by atoms with van der Waals surface area (Å²) < 4.78 is 11.6. The third kappa shape index (κ3) is 3.75. The first kappa shape index (κ1) is 14.4. The van der Waals surface area contributed by atoms with Crippen molar-refractivity contribution >= 4 is 0 Å². The molecule has 0 spiro atoms. The molecule has 2 N–H and O–H groups in total. The van der Waals surface area contributed by atoms with Crippen LogP contribution in [0.2, 0.25) is 0 Å². The van der Waals surface area contributed by atoms with Crippen molar-refractivity contribution in [3.63, 3.8) is 0 Å². The molecule has 0 saturated carbocycles. The Balaban J connectivity index is 2.06. The first-order valence-electron chi connectivity index (χ1n) is 6.96. The highest BCUT2D eigenvalue weighted by molar-refractivity contribution is 5.40. The molecule has 0 atom stereocenters. The zero-order valence-corrected chi connectivity index (χ0v) is 11.8. The Bertz CT molecular complexity index is 540. The van der Waals surface area contributed by atoms with Gasteiger partial charge in [-0.05, 0) is 29.7 Å². The maximum absolute atomic E-state index is 5.88. The highest BCUT2D eigenvalue weighted by atomic mass is 16.5. The third-order valence-electron chi connectivity index (χ3n) is 3.03. The zero-order valence-electron chi connectivity index (χ0n) is 11.8. The van der Waals surface area contributed by atoms with E-state index in [4.69, 9.17) is 15.2 Å². The molecule has 0 saturated heterocycles. The molecule has 0 heterocycles. The van der Waals surface area contributed by atoms with E-state index < -0.39 is 0 Å². The lowest BCUT2D eigenvalue weighted by atomic mass is 10.1. The van der Waals surface area contributed by atoms with Crippen LogP contribution in [0, 0.1) is 0 Å². The van der Waals surface area contributed by atoms with Gasteiger partial charge in [0.25, 0.3) is 0 Å². The van der Waals surface area contributed by atoms with Crippen LogP contribution in [-0.2, 0) is 13.2 Å². The Kier molecular flexibility index (Phi) is 5.44. The van der Waals surface area contributed by atoms with Gasteiger partial charge in [-0.25, -0.2) is 0 Å². The second kappa shape index (κ2) is 7.56. The lowest BCUT2D eigenvalue weighted by Gasteiger charge is -2.13. The Morgan fingerprint density at radius 3 is 2.10 bits per heavy atom. The van der Waals surface area contributed by atoms with Crippen LogP contribution >= 0.6 is 0 Å². The molecule has 0 amide bonds. The van der Waals surface area contributed by atoms with Gasteiger partial charge in [-0.1, -0.05) is 43.3 Å². The van der Waals surface area contributed by atoms with Crippen molar-refractivity contribution in [2.45, 2.75) is 26.5 Å². The molecule has 0 bridgehead atoms. The van der Waals surface area contributed by atoms with Crippen LogP contribution in [0.4, 0.5) is 0 Å². The van der Waals surface area contributed by atoms with E-state index in [2.05, 4.69) is 6.92 Å². The first-order chi connectivity index (χ1) is 9.85. The molecule has 0 aliphatic heterocycles. The van der Waals surface area contributed by atoms with E-state index >= 15 is 0 Å². The van der Waals surface area contributed by atoms with Gasteiger partial charge in [0.2, 0.25) is 0 Å². The fraction of sp³-hybridized carbons (Fsp3) is 0.294. The van der Waals surface area contributed by atoms with Crippen molar-refractivity contribution in [1.29, 1.82) is 0 Å². The van der Waals surface area contributed by atoms with Crippen LogP contribution in [0.15, 0.2) is 48.5 Å². The fourth-order valence-corrected chi connectivity index (χ4v) is 1.95. The average molecular weight is 271 g/mol. The minimum absolute atomic E-state index is 0.500. The average Bonchev–Trinajstić information content (AvgIpc) is 2.52. The number of nitrogens with two attached hydrogens (primary N) is 1. The lowest BCUT2D eigenvalue weighted by Crippen LogP contribution is -2.05. The van der Waals surface area contributed by atoms with Crippen LogP contribution in [0.3, 0.4) is 0 Å². The monoisotopic (exact) mass is 271 g/mol. The molecule has 2 rings (SSSR count). The van der Waals surface area contributed by atoms with Gasteiger partial charge in [-0.3, -0.25) is 0 Å². The highest BCUT2D eigenvalue weighted by Crippen LogP contribution is 2.27. The molecule has 0 unspecified atom stereocenters. The van der Waals surface area contributed by atoms with Crippen molar-refractivity contribution in [2.24, 2.45) is 5.73 Å². The normalized spacial score (nSPS) is 10.3. The highest BCUT2D eigenvalue weighted by Gasteiger charge is 2.06. The van der Waals surface area contributed by atoms with Crippen LogP contribution in [0.1, 0.15) is 24.5 Å². The van der Waals surface area contributed by atoms with E-state index in [0.717, 1.165) is 29.0 Å². The Hall–Kier alpha value is -2.00. The number of benzene rings is 2. The molecule has 0 aliphatic rings. The molecule has 3 nitrogen and oxygen atoms in total. The summed E-state index contributed by atoms with van der Waals surface area (Å²) in [7, 11) is 0. The summed E-state index contributed by atoms with van der Waals surface area (Å²) in [4.78, 5) is 0. The number of rotatable bonds is 7. The summed E-state index contributed by atoms with van der Waals surface area (Å²) in [6.07, 6.45) is 0.977. The van der Waals surface area contributed by atoms with Crippen LogP contribution in [0.5, 0.6) is 11.5 Å². The summed E-state index contributed by atoms with van der Waals surface area (Å²) in [5.41, 5.74) is 7.96. The van der Waals surface area contributed by atoms with Crippen LogP contribution < -0.4 is 15.2 Å². The minimum atomic E-state index is 0.500. The summed E-state index contributed by atoms with van der Waals surface area (Å²) in [5, 5.41) is 0. The second-order valence-corrected chi connectivity index (χ2v) is 4.56. The summed E-state index contributed by atoms with van der Waals surface area (Å²) in [6, 6.07) is 15.8. The van der Waals surface area contributed by atoms with Crippen molar-refractivity contribution in [2.75, 3.05) is 6.61 Å². The summed E-state index contributed by atoms with van der Waals surface area (Å²) in [5.74, 6) is 1.56. The Morgan fingerprint density at radius 2 is 1.45 bits per heavy atom. The van der Waals surface area contributed by atoms with Crippen molar-refractivity contribution < 1.29 is 9.47 Å². The topological polar surface area (TPSA) is 44.5 Å². The van der Waals surface area contributed by atoms with E-state index in [0.29, 0.717) is 19.8 Å². The Labute approximate surface area is 120 Å². The van der Waals surface area contributed by atoms with Gasteiger partial charge in [-0.15, -0.1) is 0 Å². The Morgan fingerprint density at radius 1 is 0.850 bits per heavy atom. The van der Waals surface area contributed by atoms with Crippen LogP contribution in [0.25, 0.3) is 0 Å². The molecule has 2 aromatic rings. The standard InChI is InChI=1S/C17H21NO2/c1-2-11-19-16-9-5-6-10-17(16)20-13-15-8-4-3-7-14(15)12-18/h3-10H,2,11-13,18H2,1H3. The summed E-state index contributed by atoms with van der Waals surface area (Å²) in [6.45, 7) is 3.80. The number of para-hydroxylation sites is 2.